The second-order valence-corrected chi connectivity index (χ2v) is 5.81. The zero-order valence-corrected chi connectivity index (χ0v) is 13.7. The van der Waals surface area contributed by atoms with Gasteiger partial charge in [0, 0.05) is 37.9 Å². The zero-order chi connectivity index (χ0) is 15.9. The van der Waals surface area contributed by atoms with Gasteiger partial charge < -0.3 is 19.4 Å². The Labute approximate surface area is 137 Å². The molecule has 0 unspecified atom stereocenters. The van der Waals surface area contributed by atoms with Crippen molar-refractivity contribution < 1.29 is 14.3 Å². The highest BCUT2D eigenvalue weighted by molar-refractivity contribution is 6.45. The summed E-state index contributed by atoms with van der Waals surface area (Å²) in [5, 5.41) is 0.662. The summed E-state index contributed by atoms with van der Waals surface area (Å²) in [4.78, 5) is 21.4. The van der Waals surface area contributed by atoms with Crippen LogP contribution < -0.4 is 4.74 Å². The third-order valence-electron chi connectivity index (χ3n) is 3.77. The molecule has 1 aliphatic rings. The van der Waals surface area contributed by atoms with Crippen LogP contribution in [0, 0.1) is 0 Å². The van der Waals surface area contributed by atoms with E-state index in [0.29, 0.717) is 35.6 Å². The van der Waals surface area contributed by atoms with E-state index < -0.39 is 0 Å². The quantitative estimate of drug-likeness (QED) is 0.929. The van der Waals surface area contributed by atoms with Crippen LogP contribution in [0.5, 0.6) is 5.88 Å². The summed E-state index contributed by atoms with van der Waals surface area (Å²) in [6.07, 6.45) is 0.706. The number of ether oxygens (including phenoxy) is 2. The lowest BCUT2D eigenvalue weighted by Crippen LogP contribution is -2.37. The maximum atomic E-state index is 12.0. The SMILES string of the molecule is COCC(=O)N1CCc2[nH]c3c(Cl)c(Cl)c(OC)nc3c2C1. The van der Waals surface area contributed by atoms with Crippen LogP contribution in [-0.4, -0.2) is 48.1 Å². The second-order valence-electron chi connectivity index (χ2n) is 5.05. The van der Waals surface area contributed by atoms with Gasteiger partial charge in [-0.1, -0.05) is 23.2 Å². The molecule has 0 bridgehead atoms. The maximum Gasteiger partial charge on any atom is 0.248 e. The molecule has 3 rings (SSSR count). The Bertz CT molecular complexity index is 745. The van der Waals surface area contributed by atoms with Gasteiger partial charge in [0.2, 0.25) is 11.8 Å². The largest absolute Gasteiger partial charge is 0.480 e. The van der Waals surface area contributed by atoms with Crippen LogP contribution in [0.25, 0.3) is 11.0 Å². The Morgan fingerprint density at radius 3 is 2.82 bits per heavy atom. The first kappa shape index (κ1) is 15.4. The molecule has 1 N–H and O–H groups in total. The smallest absolute Gasteiger partial charge is 0.248 e. The normalized spacial score (nSPS) is 14.3. The zero-order valence-electron chi connectivity index (χ0n) is 12.2. The molecule has 2 aromatic rings. The molecule has 0 aliphatic carbocycles. The van der Waals surface area contributed by atoms with E-state index in [-0.39, 0.29) is 23.4 Å². The van der Waals surface area contributed by atoms with Crippen LogP contribution in [0.1, 0.15) is 11.3 Å². The van der Waals surface area contributed by atoms with Crippen LogP contribution in [0.15, 0.2) is 0 Å². The van der Waals surface area contributed by atoms with Crippen molar-refractivity contribution >= 4 is 40.1 Å². The van der Waals surface area contributed by atoms with Gasteiger partial charge in [-0.25, -0.2) is 4.98 Å². The van der Waals surface area contributed by atoms with Gasteiger partial charge in [0.05, 0.1) is 23.2 Å². The van der Waals surface area contributed by atoms with Crippen molar-refractivity contribution in [3.63, 3.8) is 0 Å². The molecule has 3 heterocycles. The van der Waals surface area contributed by atoms with E-state index >= 15 is 0 Å². The van der Waals surface area contributed by atoms with Gasteiger partial charge >= 0.3 is 0 Å². The van der Waals surface area contributed by atoms with Crippen molar-refractivity contribution in [2.75, 3.05) is 27.4 Å². The average molecular weight is 344 g/mol. The van der Waals surface area contributed by atoms with Gasteiger partial charge in [-0.05, 0) is 0 Å². The highest BCUT2D eigenvalue weighted by Crippen LogP contribution is 2.38. The fourth-order valence-corrected chi connectivity index (χ4v) is 3.11. The topological polar surface area (TPSA) is 67.5 Å². The highest BCUT2D eigenvalue weighted by atomic mass is 35.5. The molecule has 0 fully saturated rings. The number of carbonyl (C=O) groups is 1. The number of H-pyrrole nitrogens is 1. The highest BCUT2D eigenvalue weighted by Gasteiger charge is 2.27. The number of aromatic amines is 1. The van der Waals surface area contributed by atoms with Gasteiger partial charge in [0.15, 0.2) is 0 Å². The molecule has 0 saturated carbocycles. The maximum absolute atomic E-state index is 12.0. The summed E-state index contributed by atoms with van der Waals surface area (Å²) in [5.41, 5.74) is 3.34. The van der Waals surface area contributed by atoms with Gasteiger partial charge in [-0.3, -0.25) is 4.79 Å². The first-order valence-corrected chi connectivity index (χ1v) is 7.51. The summed E-state index contributed by atoms with van der Waals surface area (Å²) < 4.78 is 10.1. The summed E-state index contributed by atoms with van der Waals surface area (Å²) >= 11 is 12.4. The van der Waals surface area contributed by atoms with Crippen LogP contribution in [0.3, 0.4) is 0 Å². The Morgan fingerprint density at radius 1 is 1.36 bits per heavy atom. The molecule has 0 atom stereocenters. The monoisotopic (exact) mass is 343 g/mol. The molecular weight excluding hydrogens is 329 g/mol. The third kappa shape index (κ3) is 2.41. The number of pyridine rings is 1. The Kier molecular flexibility index (Phi) is 4.16. The fraction of sp³-hybridized carbons (Fsp3) is 0.429. The molecule has 8 heteroatoms. The Morgan fingerprint density at radius 2 is 2.14 bits per heavy atom. The summed E-state index contributed by atoms with van der Waals surface area (Å²) in [5.74, 6) is 0.232. The predicted molar refractivity (Wildman–Crippen MR) is 83.7 cm³/mol. The number of aromatic nitrogens is 2. The number of amides is 1. The van der Waals surface area contributed by atoms with Crippen LogP contribution >= 0.6 is 23.2 Å². The minimum absolute atomic E-state index is 0.0467. The minimum Gasteiger partial charge on any atom is -0.480 e. The molecule has 118 valence electrons. The molecule has 22 heavy (non-hydrogen) atoms. The number of methoxy groups -OCH3 is 2. The van der Waals surface area contributed by atoms with Crippen molar-refractivity contribution in [1.29, 1.82) is 0 Å². The summed E-state index contributed by atoms with van der Waals surface area (Å²) in [7, 11) is 3.00. The number of hydrogen-bond acceptors (Lipinski definition) is 4. The van der Waals surface area contributed by atoms with E-state index in [1.807, 2.05) is 0 Å². The van der Waals surface area contributed by atoms with Crippen LogP contribution in [-0.2, 0) is 22.5 Å². The number of rotatable bonds is 3. The summed E-state index contributed by atoms with van der Waals surface area (Å²) in [6.45, 7) is 1.16. The standard InChI is InChI=1S/C14H15Cl2N3O3/c1-21-6-9(20)19-4-3-8-7(5-19)12-13(17-8)10(15)11(16)14(18-12)22-2/h17H,3-6H2,1-2H3. The first-order chi connectivity index (χ1) is 10.6. The first-order valence-electron chi connectivity index (χ1n) is 6.76. The van der Waals surface area contributed by atoms with E-state index in [0.717, 1.165) is 11.3 Å². The molecule has 6 nitrogen and oxygen atoms in total. The van der Waals surface area contributed by atoms with E-state index in [4.69, 9.17) is 32.7 Å². The number of carbonyl (C=O) groups excluding carboxylic acids is 1. The van der Waals surface area contributed by atoms with E-state index in [1.54, 1.807) is 4.90 Å². The fourth-order valence-electron chi connectivity index (χ4n) is 2.68. The second kappa shape index (κ2) is 5.95. The lowest BCUT2D eigenvalue weighted by Gasteiger charge is -2.26. The van der Waals surface area contributed by atoms with Crippen LogP contribution in [0.2, 0.25) is 10.0 Å². The minimum atomic E-state index is -0.0467. The van der Waals surface area contributed by atoms with E-state index in [2.05, 4.69) is 9.97 Å². The number of halogens is 2. The number of nitrogens with one attached hydrogen (secondary N) is 1. The van der Waals surface area contributed by atoms with Gasteiger partial charge in [-0.2, -0.15) is 0 Å². The van der Waals surface area contributed by atoms with Gasteiger partial charge in [-0.15, -0.1) is 0 Å². The molecule has 0 aromatic carbocycles. The molecule has 0 spiro atoms. The van der Waals surface area contributed by atoms with Gasteiger partial charge in [0.25, 0.3) is 0 Å². The van der Waals surface area contributed by atoms with Crippen molar-refractivity contribution in [3.05, 3.63) is 21.3 Å². The van der Waals surface area contributed by atoms with Gasteiger partial charge in [0.1, 0.15) is 11.6 Å². The Balaban J connectivity index is 2.06. The van der Waals surface area contributed by atoms with Crippen molar-refractivity contribution in [3.8, 4) is 5.88 Å². The molecule has 0 saturated heterocycles. The predicted octanol–water partition coefficient (Wildman–Crippen LogP) is 2.41. The number of nitrogens with zero attached hydrogens (tertiary/aromatic N) is 2. The lowest BCUT2D eigenvalue weighted by atomic mass is 10.1. The Hall–Kier alpha value is -1.50. The van der Waals surface area contributed by atoms with Crippen molar-refractivity contribution in [1.82, 2.24) is 14.9 Å². The van der Waals surface area contributed by atoms with Crippen molar-refractivity contribution in [2.24, 2.45) is 0 Å². The molecular formula is C14H15Cl2N3O3. The lowest BCUT2D eigenvalue weighted by molar-refractivity contribution is -0.136. The number of hydrogen-bond donors (Lipinski definition) is 1. The third-order valence-corrected chi connectivity index (χ3v) is 4.60. The molecule has 2 aromatic heterocycles. The molecule has 1 aliphatic heterocycles. The average Bonchev–Trinajstić information content (AvgIpc) is 2.89. The number of fused-ring (bicyclic) bond motifs is 3. The molecule has 1 amide bonds. The van der Waals surface area contributed by atoms with E-state index in [1.165, 1.54) is 14.2 Å². The summed E-state index contributed by atoms with van der Waals surface area (Å²) in [6, 6.07) is 0. The molecule has 0 radical (unpaired) electrons. The van der Waals surface area contributed by atoms with E-state index in [9.17, 15) is 4.79 Å². The van der Waals surface area contributed by atoms with Crippen molar-refractivity contribution in [2.45, 2.75) is 13.0 Å². The van der Waals surface area contributed by atoms with Crippen LogP contribution in [0.4, 0.5) is 0 Å².